The fourth-order valence-electron chi connectivity index (χ4n) is 2.27. The van der Waals surface area contributed by atoms with Crippen LogP contribution in [0.4, 0.5) is 5.69 Å². The van der Waals surface area contributed by atoms with Gasteiger partial charge in [-0.2, -0.15) is 0 Å². The number of carbonyl (C=O) groups is 2. The van der Waals surface area contributed by atoms with Crippen LogP contribution in [0.15, 0.2) is 36.4 Å². The SMILES string of the molecule is COc1ccc(C(N)=O)c(OCC(=O)Nc2ccc3c(c2)OCO3)c1. The van der Waals surface area contributed by atoms with E-state index in [1.54, 1.807) is 24.3 Å². The van der Waals surface area contributed by atoms with Crippen LogP contribution in [0.5, 0.6) is 23.0 Å². The minimum Gasteiger partial charge on any atom is -0.497 e. The maximum atomic E-state index is 12.1. The third-order valence-corrected chi connectivity index (χ3v) is 3.47. The molecular formula is C17H16N2O6. The van der Waals surface area contributed by atoms with Crippen LogP contribution in [0, 0.1) is 0 Å². The second-order valence-corrected chi connectivity index (χ2v) is 5.13. The topological polar surface area (TPSA) is 109 Å². The zero-order chi connectivity index (χ0) is 17.8. The molecule has 1 aliphatic rings. The Kier molecular flexibility index (Phi) is 4.60. The number of methoxy groups -OCH3 is 1. The number of ether oxygens (including phenoxy) is 4. The lowest BCUT2D eigenvalue weighted by atomic mass is 10.2. The van der Waals surface area contributed by atoms with Crippen LogP contribution >= 0.6 is 0 Å². The van der Waals surface area contributed by atoms with Crippen molar-refractivity contribution in [2.75, 3.05) is 25.8 Å². The van der Waals surface area contributed by atoms with Gasteiger partial charge < -0.3 is 30.0 Å². The van der Waals surface area contributed by atoms with Crippen LogP contribution in [-0.2, 0) is 4.79 Å². The molecule has 0 fully saturated rings. The second kappa shape index (κ2) is 7.00. The summed E-state index contributed by atoms with van der Waals surface area (Å²) in [5, 5.41) is 2.67. The van der Waals surface area contributed by atoms with E-state index in [-0.39, 0.29) is 24.7 Å². The smallest absolute Gasteiger partial charge is 0.262 e. The number of hydrogen-bond acceptors (Lipinski definition) is 6. The third-order valence-electron chi connectivity index (χ3n) is 3.47. The van der Waals surface area contributed by atoms with Gasteiger partial charge in [-0.25, -0.2) is 0 Å². The Hall–Kier alpha value is -3.42. The molecule has 0 bridgehead atoms. The van der Waals surface area contributed by atoms with Crippen LogP contribution < -0.4 is 30.0 Å². The second-order valence-electron chi connectivity index (χ2n) is 5.13. The van der Waals surface area contributed by atoms with Gasteiger partial charge in [0.1, 0.15) is 11.5 Å². The molecule has 0 saturated carbocycles. The highest BCUT2D eigenvalue weighted by atomic mass is 16.7. The number of nitrogens with two attached hydrogens (primary N) is 1. The van der Waals surface area contributed by atoms with Gasteiger partial charge in [-0.05, 0) is 24.3 Å². The summed E-state index contributed by atoms with van der Waals surface area (Å²) in [4.78, 5) is 23.5. The van der Waals surface area contributed by atoms with E-state index in [9.17, 15) is 9.59 Å². The summed E-state index contributed by atoms with van der Waals surface area (Å²) in [6.07, 6.45) is 0. The average Bonchev–Trinajstić information content (AvgIpc) is 3.07. The van der Waals surface area contributed by atoms with E-state index < -0.39 is 11.8 Å². The quantitative estimate of drug-likeness (QED) is 0.823. The summed E-state index contributed by atoms with van der Waals surface area (Å²) < 4.78 is 20.9. The fourth-order valence-corrected chi connectivity index (χ4v) is 2.27. The zero-order valence-corrected chi connectivity index (χ0v) is 13.4. The maximum absolute atomic E-state index is 12.1. The van der Waals surface area contributed by atoms with Crippen molar-refractivity contribution in [1.29, 1.82) is 0 Å². The maximum Gasteiger partial charge on any atom is 0.262 e. The number of primary amides is 1. The van der Waals surface area contributed by atoms with Crippen molar-refractivity contribution in [3.8, 4) is 23.0 Å². The van der Waals surface area contributed by atoms with Crippen LogP contribution in [0.2, 0.25) is 0 Å². The van der Waals surface area contributed by atoms with Crippen LogP contribution in [-0.4, -0.2) is 32.3 Å². The van der Waals surface area contributed by atoms with Crippen LogP contribution in [0.3, 0.4) is 0 Å². The average molecular weight is 344 g/mol. The molecule has 0 aliphatic carbocycles. The standard InChI is InChI=1S/C17H16N2O6/c1-22-11-3-4-12(17(18)21)14(7-11)23-8-16(20)19-10-2-5-13-15(6-10)25-9-24-13/h2-7H,8-9H2,1H3,(H2,18,21)(H,19,20). The van der Waals surface area contributed by atoms with Crippen molar-refractivity contribution in [1.82, 2.24) is 0 Å². The molecule has 0 aromatic heterocycles. The van der Waals surface area contributed by atoms with Gasteiger partial charge in [0.05, 0.1) is 12.7 Å². The molecule has 1 heterocycles. The number of hydrogen-bond donors (Lipinski definition) is 2. The molecule has 0 atom stereocenters. The highest BCUT2D eigenvalue weighted by Crippen LogP contribution is 2.34. The number of nitrogens with one attached hydrogen (secondary N) is 1. The summed E-state index contributed by atoms with van der Waals surface area (Å²) in [6.45, 7) is -0.149. The van der Waals surface area contributed by atoms with Gasteiger partial charge in [0.15, 0.2) is 18.1 Å². The van der Waals surface area contributed by atoms with E-state index in [1.165, 1.54) is 19.2 Å². The predicted octanol–water partition coefficient (Wildman–Crippen LogP) is 1.54. The summed E-state index contributed by atoms with van der Waals surface area (Å²) in [5.74, 6) is 0.772. The molecule has 3 rings (SSSR count). The van der Waals surface area contributed by atoms with Gasteiger partial charge in [-0.1, -0.05) is 0 Å². The number of anilines is 1. The zero-order valence-electron chi connectivity index (χ0n) is 13.4. The van der Waals surface area contributed by atoms with Gasteiger partial charge in [0, 0.05) is 17.8 Å². The van der Waals surface area contributed by atoms with E-state index >= 15 is 0 Å². The van der Waals surface area contributed by atoms with Crippen molar-refractivity contribution >= 4 is 17.5 Å². The van der Waals surface area contributed by atoms with Crippen molar-refractivity contribution in [2.24, 2.45) is 5.73 Å². The Labute approximate surface area is 143 Å². The van der Waals surface area contributed by atoms with Crippen molar-refractivity contribution < 1.29 is 28.5 Å². The van der Waals surface area contributed by atoms with E-state index in [0.29, 0.717) is 22.9 Å². The first-order valence-electron chi connectivity index (χ1n) is 7.37. The van der Waals surface area contributed by atoms with Crippen molar-refractivity contribution in [2.45, 2.75) is 0 Å². The number of carbonyl (C=O) groups excluding carboxylic acids is 2. The number of benzene rings is 2. The first kappa shape index (κ1) is 16.4. The van der Waals surface area contributed by atoms with Gasteiger partial charge in [-0.15, -0.1) is 0 Å². The molecule has 2 aromatic rings. The Bertz CT molecular complexity index is 821. The van der Waals surface area contributed by atoms with E-state index in [2.05, 4.69) is 5.32 Å². The number of amides is 2. The normalized spacial score (nSPS) is 11.7. The molecule has 0 spiro atoms. The molecule has 2 aromatic carbocycles. The third kappa shape index (κ3) is 3.74. The summed E-state index contributed by atoms with van der Waals surface area (Å²) in [7, 11) is 1.48. The summed E-state index contributed by atoms with van der Waals surface area (Å²) in [5.41, 5.74) is 6.01. The number of rotatable bonds is 6. The molecule has 0 unspecified atom stereocenters. The minimum absolute atomic E-state index is 0.154. The summed E-state index contributed by atoms with van der Waals surface area (Å²) in [6, 6.07) is 9.60. The van der Waals surface area contributed by atoms with Crippen LogP contribution in [0.1, 0.15) is 10.4 Å². The molecule has 2 amide bonds. The van der Waals surface area contributed by atoms with E-state index in [0.717, 1.165) is 0 Å². The number of fused-ring (bicyclic) bond motifs is 1. The molecule has 25 heavy (non-hydrogen) atoms. The highest BCUT2D eigenvalue weighted by Gasteiger charge is 2.15. The lowest BCUT2D eigenvalue weighted by molar-refractivity contribution is -0.118. The summed E-state index contributed by atoms with van der Waals surface area (Å²) >= 11 is 0. The van der Waals surface area contributed by atoms with E-state index in [4.69, 9.17) is 24.7 Å². The predicted molar refractivity (Wildman–Crippen MR) is 88.2 cm³/mol. The van der Waals surface area contributed by atoms with Crippen molar-refractivity contribution in [3.05, 3.63) is 42.0 Å². The van der Waals surface area contributed by atoms with Gasteiger partial charge >= 0.3 is 0 Å². The Morgan fingerprint density at radius 2 is 1.96 bits per heavy atom. The molecule has 8 heteroatoms. The fraction of sp³-hybridized carbons (Fsp3) is 0.176. The minimum atomic E-state index is -0.658. The van der Waals surface area contributed by atoms with Crippen molar-refractivity contribution in [3.63, 3.8) is 0 Å². The molecule has 130 valence electrons. The monoisotopic (exact) mass is 344 g/mol. The molecule has 8 nitrogen and oxygen atoms in total. The van der Waals surface area contributed by atoms with Gasteiger partial charge in [-0.3, -0.25) is 9.59 Å². The molecule has 3 N–H and O–H groups in total. The lowest BCUT2D eigenvalue weighted by Gasteiger charge is -2.11. The molecule has 0 radical (unpaired) electrons. The Morgan fingerprint density at radius 3 is 2.72 bits per heavy atom. The van der Waals surface area contributed by atoms with Gasteiger partial charge in [0.25, 0.3) is 11.8 Å². The van der Waals surface area contributed by atoms with E-state index in [1.807, 2.05) is 0 Å². The first-order valence-corrected chi connectivity index (χ1v) is 7.37. The highest BCUT2D eigenvalue weighted by molar-refractivity contribution is 5.96. The van der Waals surface area contributed by atoms with Gasteiger partial charge in [0.2, 0.25) is 6.79 Å². The molecule has 0 saturated heterocycles. The van der Waals surface area contributed by atoms with Crippen LogP contribution in [0.25, 0.3) is 0 Å². The molecular weight excluding hydrogens is 328 g/mol. The lowest BCUT2D eigenvalue weighted by Crippen LogP contribution is -2.21. The molecule has 1 aliphatic heterocycles. The first-order chi connectivity index (χ1) is 12.1. The largest absolute Gasteiger partial charge is 0.497 e. The Morgan fingerprint density at radius 1 is 1.16 bits per heavy atom. The Balaban J connectivity index is 1.65.